The highest BCUT2D eigenvalue weighted by Gasteiger charge is 2.34. The highest BCUT2D eigenvalue weighted by atomic mass is 79.9. The third-order valence-electron chi connectivity index (χ3n) is 7.15. The van der Waals surface area contributed by atoms with Crippen molar-refractivity contribution in [2.45, 2.75) is 26.0 Å². The Hall–Kier alpha value is -3.05. The number of halogens is 1. The van der Waals surface area contributed by atoms with Gasteiger partial charge in [-0.25, -0.2) is 9.97 Å². The van der Waals surface area contributed by atoms with Crippen molar-refractivity contribution < 1.29 is 4.74 Å². The van der Waals surface area contributed by atoms with Gasteiger partial charge in [0.05, 0.1) is 11.0 Å². The molecule has 2 aromatic carbocycles. The standard InChI is InChI=1S/C27H26B2BrN3O/c1-26(2,3)27(28,29)17-10-12-32-25(14-17)33-22-7-5-4-6-20(22)21-9-8-18(15-23(21)33)34-19-11-13-31-24(30)16-19/h4-16H,28-29H2,1-3H3. The predicted octanol–water partition coefficient (Wildman–Crippen LogP) is 5.59. The number of ether oxygens (including phenoxy) is 1. The number of aromatic nitrogens is 3. The number of fused-ring (bicyclic) bond motifs is 3. The van der Waals surface area contributed by atoms with Crippen LogP contribution >= 0.6 is 15.9 Å². The van der Waals surface area contributed by atoms with E-state index in [1.54, 1.807) is 6.20 Å². The molecule has 3 heterocycles. The lowest BCUT2D eigenvalue weighted by molar-refractivity contribution is 0.358. The Balaban J connectivity index is 1.70. The maximum Gasteiger partial charge on any atom is 0.137 e. The van der Waals surface area contributed by atoms with Gasteiger partial charge in [0.1, 0.15) is 37.6 Å². The van der Waals surface area contributed by atoms with Gasteiger partial charge in [0.15, 0.2) is 0 Å². The molecule has 5 aromatic rings. The van der Waals surface area contributed by atoms with Gasteiger partial charge in [-0.3, -0.25) is 4.57 Å². The van der Waals surface area contributed by atoms with Crippen molar-refractivity contribution in [2.24, 2.45) is 5.41 Å². The van der Waals surface area contributed by atoms with Gasteiger partial charge in [-0.2, -0.15) is 0 Å². The first kappa shape index (κ1) is 22.7. The minimum absolute atomic E-state index is 0.0214. The van der Waals surface area contributed by atoms with Crippen LogP contribution in [0.3, 0.4) is 0 Å². The molecule has 0 N–H and O–H groups in total. The Kier molecular flexibility index (Phi) is 5.56. The Morgan fingerprint density at radius 3 is 2.26 bits per heavy atom. The van der Waals surface area contributed by atoms with Crippen LogP contribution in [0.2, 0.25) is 0 Å². The lowest BCUT2D eigenvalue weighted by Gasteiger charge is -2.40. The summed E-state index contributed by atoms with van der Waals surface area (Å²) in [6.45, 7) is 6.86. The second kappa shape index (κ2) is 8.31. The van der Waals surface area contributed by atoms with E-state index in [4.69, 9.17) is 9.72 Å². The van der Waals surface area contributed by atoms with Crippen molar-refractivity contribution in [3.05, 3.63) is 89.3 Å². The van der Waals surface area contributed by atoms with Crippen molar-refractivity contribution >= 4 is 53.4 Å². The number of pyridine rings is 2. The third kappa shape index (κ3) is 3.92. The van der Waals surface area contributed by atoms with Gasteiger partial charge in [-0.1, -0.05) is 49.7 Å². The number of para-hydroxylation sites is 1. The number of benzene rings is 2. The summed E-state index contributed by atoms with van der Waals surface area (Å²) in [5.41, 5.74) is 3.56. The first-order chi connectivity index (χ1) is 16.1. The van der Waals surface area contributed by atoms with Crippen LogP contribution in [0.1, 0.15) is 26.3 Å². The number of hydrogen-bond acceptors (Lipinski definition) is 3. The lowest BCUT2D eigenvalue weighted by atomic mass is 9.41. The molecular weight excluding hydrogens is 484 g/mol. The summed E-state index contributed by atoms with van der Waals surface area (Å²) in [6.07, 6.45) is 3.65. The van der Waals surface area contributed by atoms with E-state index in [1.807, 2.05) is 24.4 Å². The van der Waals surface area contributed by atoms with E-state index in [0.717, 1.165) is 33.0 Å². The molecule has 4 nitrogen and oxygen atoms in total. The maximum atomic E-state index is 6.17. The predicted molar refractivity (Wildman–Crippen MR) is 149 cm³/mol. The quantitative estimate of drug-likeness (QED) is 0.234. The molecule has 0 bridgehead atoms. The fraction of sp³-hybridized carbons (Fsp3) is 0.185. The second-order valence-corrected chi connectivity index (χ2v) is 11.0. The summed E-state index contributed by atoms with van der Waals surface area (Å²) in [5.74, 6) is 2.40. The minimum Gasteiger partial charge on any atom is -0.457 e. The summed E-state index contributed by atoms with van der Waals surface area (Å²) in [7, 11) is 4.60. The van der Waals surface area contributed by atoms with Crippen LogP contribution in [0.5, 0.6) is 11.5 Å². The Morgan fingerprint density at radius 1 is 0.794 bits per heavy atom. The van der Waals surface area contributed by atoms with Crippen LogP contribution in [0, 0.1) is 5.41 Å². The average Bonchev–Trinajstić information content (AvgIpc) is 3.12. The SMILES string of the molecule is BC(B)(c1ccnc(-n2c3ccccc3c3ccc(Oc4ccnc(Br)c4)cc32)c1)C(C)(C)C. The van der Waals surface area contributed by atoms with E-state index in [9.17, 15) is 0 Å². The molecule has 0 radical (unpaired) electrons. The topological polar surface area (TPSA) is 39.9 Å². The highest BCUT2D eigenvalue weighted by molar-refractivity contribution is 9.10. The summed E-state index contributed by atoms with van der Waals surface area (Å²) in [5, 5.41) is 2.34. The molecule has 0 atom stereocenters. The maximum absolute atomic E-state index is 6.17. The molecule has 5 rings (SSSR count). The molecule has 0 aliphatic carbocycles. The smallest absolute Gasteiger partial charge is 0.137 e. The van der Waals surface area contributed by atoms with Crippen molar-refractivity contribution in [1.82, 2.24) is 14.5 Å². The molecule has 0 unspecified atom stereocenters. The van der Waals surface area contributed by atoms with Gasteiger partial charge in [-0.05, 0) is 57.7 Å². The van der Waals surface area contributed by atoms with Crippen LogP contribution in [0.4, 0.5) is 0 Å². The Bertz CT molecular complexity index is 1520. The molecule has 0 saturated heterocycles. The van der Waals surface area contributed by atoms with Crippen molar-refractivity contribution in [3.8, 4) is 17.3 Å². The summed E-state index contributed by atoms with van der Waals surface area (Å²) < 4.78 is 9.15. The molecule has 3 aromatic heterocycles. The fourth-order valence-electron chi connectivity index (χ4n) is 4.21. The van der Waals surface area contributed by atoms with Crippen molar-refractivity contribution in [3.63, 3.8) is 0 Å². The van der Waals surface area contributed by atoms with Crippen LogP contribution in [-0.2, 0) is 5.21 Å². The van der Waals surface area contributed by atoms with Gasteiger partial charge in [0.2, 0.25) is 0 Å². The Morgan fingerprint density at radius 2 is 1.50 bits per heavy atom. The molecule has 7 heteroatoms. The second-order valence-electron chi connectivity index (χ2n) is 10.2. The summed E-state index contributed by atoms with van der Waals surface area (Å²) in [4.78, 5) is 8.99. The zero-order chi connectivity index (χ0) is 24.1. The minimum atomic E-state index is -0.0214. The Labute approximate surface area is 210 Å². The van der Waals surface area contributed by atoms with E-state index < -0.39 is 0 Å². The highest BCUT2D eigenvalue weighted by Crippen LogP contribution is 2.38. The first-order valence-corrected chi connectivity index (χ1v) is 12.2. The summed E-state index contributed by atoms with van der Waals surface area (Å²) >= 11 is 3.41. The van der Waals surface area contributed by atoms with Crippen LogP contribution < -0.4 is 4.74 Å². The normalized spacial score (nSPS) is 12.4. The van der Waals surface area contributed by atoms with Crippen LogP contribution in [-0.4, -0.2) is 30.2 Å². The summed E-state index contributed by atoms with van der Waals surface area (Å²) in [6, 6.07) is 22.8. The zero-order valence-corrected chi connectivity index (χ0v) is 21.7. The first-order valence-electron chi connectivity index (χ1n) is 11.4. The molecule has 0 aliphatic heterocycles. The molecule has 0 aliphatic rings. The van der Waals surface area contributed by atoms with E-state index >= 15 is 0 Å². The number of hydrogen-bond donors (Lipinski definition) is 0. The van der Waals surface area contributed by atoms with Gasteiger partial charge in [0.25, 0.3) is 0 Å². The largest absolute Gasteiger partial charge is 0.457 e. The van der Waals surface area contributed by atoms with E-state index in [-0.39, 0.29) is 10.6 Å². The van der Waals surface area contributed by atoms with E-state index in [2.05, 4.69) is 110 Å². The average molecular weight is 510 g/mol. The third-order valence-corrected chi connectivity index (χ3v) is 7.58. The van der Waals surface area contributed by atoms with Gasteiger partial charge >= 0.3 is 0 Å². The molecular formula is C27H26B2BrN3O. The molecule has 34 heavy (non-hydrogen) atoms. The van der Waals surface area contributed by atoms with Gasteiger partial charge < -0.3 is 4.74 Å². The molecule has 0 spiro atoms. The number of nitrogens with zero attached hydrogens (tertiary/aromatic N) is 3. The molecule has 0 saturated carbocycles. The monoisotopic (exact) mass is 509 g/mol. The van der Waals surface area contributed by atoms with Gasteiger partial charge in [0, 0.05) is 35.3 Å². The van der Waals surface area contributed by atoms with Crippen molar-refractivity contribution in [2.75, 3.05) is 0 Å². The number of rotatable bonds is 4. The molecule has 0 fully saturated rings. The van der Waals surface area contributed by atoms with E-state index in [0.29, 0.717) is 0 Å². The van der Waals surface area contributed by atoms with Crippen LogP contribution in [0.15, 0.2) is 83.7 Å². The van der Waals surface area contributed by atoms with Crippen molar-refractivity contribution in [1.29, 1.82) is 0 Å². The van der Waals surface area contributed by atoms with Crippen LogP contribution in [0.25, 0.3) is 27.6 Å². The zero-order valence-electron chi connectivity index (χ0n) is 20.1. The van der Waals surface area contributed by atoms with Gasteiger partial charge in [-0.15, -0.1) is 0 Å². The molecule has 0 amide bonds. The fourth-order valence-corrected chi connectivity index (χ4v) is 4.55. The molecule has 168 valence electrons. The van der Waals surface area contributed by atoms with E-state index in [1.165, 1.54) is 16.3 Å². The lowest BCUT2D eigenvalue weighted by Crippen LogP contribution is -2.41.